The third-order valence-electron chi connectivity index (χ3n) is 0.488. The van der Waals surface area contributed by atoms with Gasteiger partial charge in [-0.05, 0) is 0 Å². The molecule has 0 aliphatic carbocycles. The van der Waals surface area contributed by atoms with Crippen LogP contribution in [0.3, 0.4) is 0 Å². The number of carbonyl (C=O) groups excluding carboxylic acids is 2. The second-order valence-electron chi connectivity index (χ2n) is 1.03. The summed E-state index contributed by atoms with van der Waals surface area (Å²) in [6.07, 6.45) is 1.19. The van der Waals surface area contributed by atoms with E-state index in [9.17, 15) is 9.59 Å². The molecular formula is C4H4ClNO3. The number of ether oxygens (including phenoxy) is 1. The lowest BCUT2D eigenvalue weighted by Crippen LogP contribution is -2.05. The molecule has 0 atom stereocenters. The van der Waals surface area contributed by atoms with Crippen molar-refractivity contribution in [3.8, 4) is 0 Å². The molecule has 0 radical (unpaired) electrons. The molecule has 0 unspecified atom stereocenters. The molecule has 0 aromatic rings. The topological polar surface area (TPSA) is 55.7 Å². The average molecular weight is 150 g/mol. The average Bonchev–Trinajstić information content (AvgIpc) is 1.85. The van der Waals surface area contributed by atoms with E-state index in [-0.39, 0.29) is 12.6 Å². The molecule has 0 aliphatic heterocycles. The van der Waals surface area contributed by atoms with Crippen LogP contribution in [0.2, 0.25) is 0 Å². The van der Waals surface area contributed by atoms with E-state index in [1.54, 1.807) is 0 Å². The van der Waals surface area contributed by atoms with Crippen LogP contribution in [-0.2, 0) is 14.3 Å². The van der Waals surface area contributed by atoms with E-state index in [0.29, 0.717) is 0 Å². The summed E-state index contributed by atoms with van der Waals surface area (Å²) >= 11 is 4.99. The van der Waals surface area contributed by atoms with E-state index in [1.807, 2.05) is 0 Å². The maximum Gasteiger partial charge on any atom is 0.329 e. The molecular weight excluding hydrogens is 146 g/mol. The van der Waals surface area contributed by atoms with E-state index in [0.717, 1.165) is 0 Å². The first-order valence-electron chi connectivity index (χ1n) is 2.06. The lowest BCUT2D eigenvalue weighted by Gasteiger charge is -1.92. The monoisotopic (exact) mass is 149 g/mol. The quantitative estimate of drug-likeness (QED) is 0.247. The van der Waals surface area contributed by atoms with Gasteiger partial charge in [0.2, 0.25) is 6.08 Å². The molecule has 0 spiro atoms. The normalized spacial score (nSPS) is 7.67. The molecule has 4 nitrogen and oxygen atoms in total. The molecule has 0 heterocycles. The van der Waals surface area contributed by atoms with Crippen molar-refractivity contribution < 1.29 is 14.3 Å². The molecule has 50 valence electrons. The van der Waals surface area contributed by atoms with Gasteiger partial charge in [0.05, 0.1) is 0 Å². The van der Waals surface area contributed by atoms with Gasteiger partial charge in [-0.15, -0.1) is 0 Å². The highest BCUT2D eigenvalue weighted by atomic mass is 35.5. The number of nitrogens with zero attached hydrogens (tertiary/aromatic N) is 1. The van der Waals surface area contributed by atoms with E-state index in [4.69, 9.17) is 11.6 Å². The minimum absolute atomic E-state index is 0.215. The fourth-order valence-corrected chi connectivity index (χ4v) is 0.325. The lowest BCUT2D eigenvalue weighted by atomic mass is 10.7. The number of rotatable bonds is 3. The Kier molecular flexibility index (Phi) is 4.78. The number of hydrogen-bond acceptors (Lipinski definition) is 4. The maximum atomic E-state index is 10.2. The molecule has 5 heteroatoms. The van der Waals surface area contributed by atoms with Crippen LogP contribution in [-0.4, -0.2) is 24.7 Å². The zero-order chi connectivity index (χ0) is 7.11. The predicted octanol–water partition coefficient (Wildman–Crippen LogP) is 0.0617. The Hall–Kier alpha value is -0.860. The largest absolute Gasteiger partial charge is 0.448 e. The number of esters is 1. The Labute approximate surface area is 56.5 Å². The van der Waals surface area contributed by atoms with Crippen LogP contribution in [0.25, 0.3) is 0 Å². The number of alkyl halides is 1. The van der Waals surface area contributed by atoms with Crippen LogP contribution in [0.4, 0.5) is 0 Å². The summed E-state index contributed by atoms with van der Waals surface area (Å²) in [5.41, 5.74) is 0. The summed E-state index contributed by atoms with van der Waals surface area (Å²) in [6, 6.07) is -0.215. The predicted molar refractivity (Wildman–Crippen MR) is 29.8 cm³/mol. The number of hydrogen-bond donors (Lipinski definition) is 0. The van der Waals surface area contributed by atoms with E-state index in [1.165, 1.54) is 6.08 Å². The summed E-state index contributed by atoms with van der Waals surface area (Å²) in [4.78, 5) is 22.6. The summed E-state index contributed by atoms with van der Waals surface area (Å²) in [7, 11) is 0. The Morgan fingerprint density at radius 3 is 2.89 bits per heavy atom. The van der Waals surface area contributed by atoms with Crippen LogP contribution < -0.4 is 0 Å². The van der Waals surface area contributed by atoms with Crippen molar-refractivity contribution in [2.75, 3.05) is 12.6 Å². The fraction of sp³-hybridized carbons (Fsp3) is 0.500. The Morgan fingerprint density at radius 2 is 2.44 bits per heavy atom. The molecule has 9 heavy (non-hydrogen) atoms. The summed E-state index contributed by atoms with van der Waals surface area (Å²) in [6.45, 7) is -0.309. The van der Waals surface area contributed by atoms with Crippen molar-refractivity contribution in [1.82, 2.24) is 0 Å². The van der Waals surface area contributed by atoms with Crippen molar-refractivity contribution in [3.05, 3.63) is 0 Å². The Morgan fingerprint density at radius 1 is 1.78 bits per heavy atom. The van der Waals surface area contributed by atoms with Crippen LogP contribution in [0, 0.1) is 0 Å². The van der Waals surface area contributed by atoms with Gasteiger partial charge in [-0.3, -0.25) is 0 Å². The van der Waals surface area contributed by atoms with Gasteiger partial charge in [0.25, 0.3) is 0 Å². The highest BCUT2D eigenvalue weighted by Crippen LogP contribution is 1.81. The number of carbonyl (C=O) groups is 1. The van der Waals surface area contributed by atoms with Crippen molar-refractivity contribution in [2.24, 2.45) is 4.99 Å². The van der Waals surface area contributed by atoms with Crippen LogP contribution in [0.15, 0.2) is 4.99 Å². The summed E-state index contributed by atoms with van der Waals surface area (Å²) in [5.74, 6) is -0.631. The molecule has 0 aromatic heterocycles. The molecule has 0 fully saturated rings. The number of halogens is 1. The molecule has 0 amide bonds. The highest BCUT2D eigenvalue weighted by Gasteiger charge is 1.96. The zero-order valence-electron chi connectivity index (χ0n) is 4.46. The molecule has 0 bridgehead atoms. The van der Waals surface area contributed by atoms with E-state index < -0.39 is 5.97 Å². The molecule has 0 aromatic carbocycles. The van der Waals surface area contributed by atoms with Crippen molar-refractivity contribution >= 4 is 23.7 Å². The van der Waals surface area contributed by atoms with Gasteiger partial charge in [-0.25, -0.2) is 9.59 Å². The lowest BCUT2D eigenvalue weighted by molar-refractivity contribution is -0.139. The summed E-state index contributed by atoms with van der Waals surface area (Å²) < 4.78 is 4.20. The van der Waals surface area contributed by atoms with E-state index in [2.05, 4.69) is 9.73 Å². The first-order valence-corrected chi connectivity index (χ1v) is 2.60. The standard InChI is InChI=1S/C4H4ClNO3/c5-2-9-4(8)1-6-3-7/h1-2H2. The van der Waals surface area contributed by atoms with Crippen molar-refractivity contribution in [2.45, 2.75) is 0 Å². The van der Waals surface area contributed by atoms with Crippen molar-refractivity contribution in [3.63, 3.8) is 0 Å². The molecule has 0 saturated heterocycles. The smallest absolute Gasteiger partial charge is 0.329 e. The van der Waals surface area contributed by atoms with Crippen molar-refractivity contribution in [1.29, 1.82) is 0 Å². The molecule has 0 N–H and O–H groups in total. The van der Waals surface area contributed by atoms with Gasteiger partial charge in [-0.2, -0.15) is 4.99 Å². The number of isocyanates is 1. The third-order valence-corrected chi connectivity index (χ3v) is 0.597. The van der Waals surface area contributed by atoms with Gasteiger partial charge in [0, 0.05) is 0 Å². The first kappa shape index (κ1) is 8.14. The summed E-state index contributed by atoms with van der Waals surface area (Å²) in [5, 5.41) is 0. The highest BCUT2D eigenvalue weighted by molar-refractivity contribution is 6.17. The van der Waals surface area contributed by atoms with Gasteiger partial charge in [0.1, 0.15) is 6.54 Å². The third kappa shape index (κ3) is 5.00. The van der Waals surface area contributed by atoms with Gasteiger partial charge in [-0.1, -0.05) is 11.6 Å². The van der Waals surface area contributed by atoms with Crippen LogP contribution in [0.5, 0.6) is 0 Å². The Balaban J connectivity index is 3.38. The number of aliphatic imine (C=N–C) groups is 1. The van der Waals surface area contributed by atoms with E-state index >= 15 is 0 Å². The fourth-order valence-electron chi connectivity index (χ4n) is 0.203. The first-order chi connectivity index (χ1) is 4.31. The minimum atomic E-state index is -0.631. The van der Waals surface area contributed by atoms with Crippen LogP contribution >= 0.6 is 11.6 Å². The second-order valence-corrected chi connectivity index (χ2v) is 1.25. The van der Waals surface area contributed by atoms with Gasteiger partial charge >= 0.3 is 5.97 Å². The maximum absolute atomic E-state index is 10.2. The molecule has 0 aliphatic rings. The van der Waals surface area contributed by atoms with Gasteiger partial charge in [0.15, 0.2) is 6.07 Å². The molecule has 0 saturated carbocycles. The van der Waals surface area contributed by atoms with Crippen LogP contribution in [0.1, 0.15) is 0 Å². The molecule has 0 rings (SSSR count). The minimum Gasteiger partial charge on any atom is -0.448 e. The zero-order valence-corrected chi connectivity index (χ0v) is 5.22. The Bertz CT molecular complexity index is 141. The SMILES string of the molecule is O=C=NCC(=O)OCCl. The van der Waals surface area contributed by atoms with Gasteiger partial charge < -0.3 is 4.74 Å². The second kappa shape index (κ2) is 5.28.